The molecule has 11 heteroatoms. The van der Waals surface area contributed by atoms with E-state index in [1.807, 2.05) is 30.3 Å². The minimum atomic E-state index is -4.26. The molecule has 0 spiro atoms. The fourth-order valence-electron chi connectivity index (χ4n) is 5.94. The van der Waals surface area contributed by atoms with Crippen LogP contribution in [0.1, 0.15) is 43.2 Å². The first-order valence-corrected chi connectivity index (χ1v) is 18.1. The second-order valence-corrected chi connectivity index (χ2v) is 14.5. The van der Waals surface area contributed by atoms with E-state index in [-0.39, 0.29) is 40.5 Å². The Labute approximate surface area is 292 Å². The van der Waals surface area contributed by atoms with Crippen LogP contribution >= 0.6 is 23.2 Å². The van der Waals surface area contributed by atoms with E-state index in [0.29, 0.717) is 10.8 Å². The van der Waals surface area contributed by atoms with Crippen molar-refractivity contribution < 1.29 is 22.7 Å². The summed E-state index contributed by atoms with van der Waals surface area (Å²) in [7, 11) is -2.80. The summed E-state index contributed by atoms with van der Waals surface area (Å²) in [5.41, 5.74) is 1.78. The molecule has 0 heterocycles. The first-order chi connectivity index (χ1) is 23.2. The van der Waals surface area contributed by atoms with E-state index in [4.69, 9.17) is 27.9 Å². The number of nitrogens with zero attached hydrogens (tertiary/aromatic N) is 2. The second-order valence-electron chi connectivity index (χ2n) is 11.8. The van der Waals surface area contributed by atoms with Gasteiger partial charge >= 0.3 is 0 Å². The van der Waals surface area contributed by atoms with Gasteiger partial charge in [0.25, 0.3) is 10.0 Å². The van der Waals surface area contributed by atoms with Crippen LogP contribution in [0, 0.1) is 0 Å². The highest BCUT2D eigenvalue weighted by atomic mass is 35.5. The summed E-state index contributed by atoms with van der Waals surface area (Å²) in [6.07, 6.45) is 5.16. The molecule has 5 rings (SSSR count). The largest absolute Gasteiger partial charge is 0.495 e. The van der Waals surface area contributed by atoms with Crippen LogP contribution < -0.4 is 14.4 Å². The van der Waals surface area contributed by atoms with Gasteiger partial charge in [-0.2, -0.15) is 0 Å². The molecule has 4 aromatic carbocycles. The number of ether oxygens (including phenoxy) is 1. The van der Waals surface area contributed by atoms with E-state index < -0.39 is 28.5 Å². The lowest BCUT2D eigenvalue weighted by Gasteiger charge is -2.35. The number of sulfonamides is 1. The summed E-state index contributed by atoms with van der Waals surface area (Å²) in [6.45, 7) is -0.538. The molecule has 0 aliphatic heterocycles. The molecule has 1 fully saturated rings. The van der Waals surface area contributed by atoms with Crippen molar-refractivity contribution in [2.45, 2.75) is 62.0 Å². The first kappa shape index (κ1) is 35.3. The normalized spacial score (nSPS) is 14.1. The highest BCUT2D eigenvalue weighted by Gasteiger charge is 2.35. The predicted molar refractivity (Wildman–Crippen MR) is 190 cm³/mol. The zero-order valence-electron chi connectivity index (χ0n) is 26.7. The van der Waals surface area contributed by atoms with Crippen LogP contribution in [0.2, 0.25) is 10.0 Å². The minimum absolute atomic E-state index is 0.00451. The van der Waals surface area contributed by atoms with Crippen LogP contribution in [-0.4, -0.2) is 50.9 Å². The number of anilines is 1. The zero-order chi connectivity index (χ0) is 34.1. The molecule has 8 nitrogen and oxygen atoms in total. The Balaban J connectivity index is 1.57. The van der Waals surface area contributed by atoms with Gasteiger partial charge in [0.2, 0.25) is 11.8 Å². The molecule has 2 amide bonds. The average Bonchev–Trinajstić information content (AvgIpc) is 3.10. The summed E-state index contributed by atoms with van der Waals surface area (Å²) in [5.74, 6) is -0.482. The molecule has 0 bridgehead atoms. The van der Waals surface area contributed by atoms with Gasteiger partial charge in [0.05, 0.1) is 22.7 Å². The van der Waals surface area contributed by atoms with Gasteiger partial charge in [0.15, 0.2) is 0 Å². The molecule has 1 saturated carbocycles. The van der Waals surface area contributed by atoms with Crippen LogP contribution in [0.25, 0.3) is 0 Å². The highest BCUT2D eigenvalue weighted by Crippen LogP contribution is 2.32. The van der Waals surface area contributed by atoms with Crippen molar-refractivity contribution in [1.29, 1.82) is 0 Å². The number of nitrogens with one attached hydrogen (secondary N) is 1. The van der Waals surface area contributed by atoms with Gasteiger partial charge in [-0.25, -0.2) is 8.42 Å². The highest BCUT2D eigenvalue weighted by molar-refractivity contribution is 7.92. The van der Waals surface area contributed by atoms with Crippen molar-refractivity contribution in [3.8, 4) is 5.75 Å². The van der Waals surface area contributed by atoms with Gasteiger partial charge < -0.3 is 15.0 Å². The third-order valence-electron chi connectivity index (χ3n) is 8.52. The molecule has 1 aliphatic carbocycles. The van der Waals surface area contributed by atoms with Gasteiger partial charge in [0.1, 0.15) is 18.3 Å². The van der Waals surface area contributed by atoms with E-state index in [0.717, 1.165) is 47.5 Å². The lowest BCUT2D eigenvalue weighted by Crippen LogP contribution is -2.55. The number of halogens is 2. The molecular formula is C37H39Cl2N3O5S. The summed E-state index contributed by atoms with van der Waals surface area (Å²) in [4.78, 5) is 30.4. The third-order valence-corrected chi connectivity index (χ3v) is 10.9. The van der Waals surface area contributed by atoms with Crippen LogP contribution in [0.4, 0.5) is 5.69 Å². The molecule has 1 atom stereocenters. The number of rotatable bonds is 13. The summed E-state index contributed by atoms with van der Waals surface area (Å²) in [5, 5.41) is 3.93. The lowest BCUT2D eigenvalue weighted by atomic mass is 9.94. The molecule has 4 aromatic rings. The average molecular weight is 709 g/mol. The number of hydrogen-bond donors (Lipinski definition) is 1. The van der Waals surface area contributed by atoms with Gasteiger partial charge in [-0.3, -0.25) is 13.9 Å². The van der Waals surface area contributed by atoms with Crippen molar-refractivity contribution in [3.63, 3.8) is 0 Å². The Bertz CT molecular complexity index is 1790. The molecule has 48 heavy (non-hydrogen) atoms. The first-order valence-electron chi connectivity index (χ1n) is 16.0. The fraction of sp³-hybridized carbons (Fsp3) is 0.297. The smallest absolute Gasteiger partial charge is 0.264 e. The summed E-state index contributed by atoms with van der Waals surface area (Å²) < 4.78 is 34.7. The maximum Gasteiger partial charge on any atom is 0.264 e. The minimum Gasteiger partial charge on any atom is -0.495 e. The second kappa shape index (κ2) is 16.4. The van der Waals surface area contributed by atoms with E-state index in [9.17, 15) is 18.0 Å². The maximum absolute atomic E-state index is 14.7. The number of hydrogen-bond acceptors (Lipinski definition) is 5. The zero-order valence-corrected chi connectivity index (χ0v) is 29.1. The van der Waals surface area contributed by atoms with E-state index >= 15 is 0 Å². The molecule has 0 unspecified atom stereocenters. The van der Waals surface area contributed by atoms with Crippen LogP contribution in [-0.2, 0) is 32.6 Å². The number of methoxy groups -OCH3 is 1. The Kier molecular flexibility index (Phi) is 12.0. The Morgan fingerprint density at radius 2 is 1.50 bits per heavy atom. The van der Waals surface area contributed by atoms with E-state index in [1.54, 1.807) is 54.6 Å². The van der Waals surface area contributed by atoms with Crippen molar-refractivity contribution in [3.05, 3.63) is 124 Å². The van der Waals surface area contributed by atoms with Crippen molar-refractivity contribution in [1.82, 2.24) is 10.2 Å². The van der Waals surface area contributed by atoms with Gasteiger partial charge in [-0.15, -0.1) is 0 Å². The molecule has 0 saturated heterocycles. The number of carbonyl (C=O) groups excluding carboxylic acids is 2. The van der Waals surface area contributed by atoms with Gasteiger partial charge in [-0.05, 0) is 66.4 Å². The number of benzene rings is 4. The van der Waals surface area contributed by atoms with E-state index in [2.05, 4.69) is 5.32 Å². The monoisotopic (exact) mass is 707 g/mol. The topological polar surface area (TPSA) is 96.0 Å². The Hall–Kier alpha value is -4.05. The van der Waals surface area contributed by atoms with Crippen LogP contribution in [0.3, 0.4) is 0 Å². The standard InChI is InChI=1S/C37H39Cl2N3O5S/c1-47-35-22-21-31(24-33(35)39)42(48(45,46)32-15-9-4-10-16-32)26-36(43)41(25-28-17-19-29(38)20-18-28)34(23-27-11-5-2-6-12-27)37(44)40-30-13-7-3-8-14-30/h2,4-6,9-12,15-22,24,30,34H,3,7-8,13-14,23,25-26H2,1H3,(H,40,44)/t34-/m0/s1. The lowest BCUT2D eigenvalue weighted by molar-refractivity contribution is -0.140. The van der Waals surface area contributed by atoms with Crippen molar-refractivity contribution >= 4 is 50.7 Å². The predicted octanol–water partition coefficient (Wildman–Crippen LogP) is 7.29. The number of amides is 2. The molecule has 0 aromatic heterocycles. The summed E-state index contributed by atoms with van der Waals surface area (Å²) in [6, 6.07) is 28.0. The Morgan fingerprint density at radius 1 is 0.854 bits per heavy atom. The SMILES string of the molecule is COc1ccc(N(CC(=O)N(Cc2ccc(Cl)cc2)[C@@H](Cc2ccccc2)C(=O)NC2CCCCC2)S(=O)(=O)c2ccccc2)cc1Cl. The van der Waals surface area contributed by atoms with Gasteiger partial charge in [0, 0.05) is 24.0 Å². The van der Waals surface area contributed by atoms with Crippen molar-refractivity contribution in [2.75, 3.05) is 18.0 Å². The van der Waals surface area contributed by atoms with Crippen LogP contribution in [0.15, 0.2) is 108 Å². The number of carbonyl (C=O) groups is 2. The summed E-state index contributed by atoms with van der Waals surface area (Å²) >= 11 is 12.6. The molecular weight excluding hydrogens is 669 g/mol. The third kappa shape index (κ3) is 8.89. The molecule has 0 radical (unpaired) electrons. The quantitative estimate of drug-likeness (QED) is 0.158. The van der Waals surface area contributed by atoms with E-state index in [1.165, 1.54) is 30.2 Å². The van der Waals surface area contributed by atoms with Crippen LogP contribution in [0.5, 0.6) is 5.75 Å². The maximum atomic E-state index is 14.7. The Morgan fingerprint density at radius 3 is 2.12 bits per heavy atom. The fourth-order valence-corrected chi connectivity index (χ4v) is 7.75. The van der Waals surface area contributed by atoms with Crippen molar-refractivity contribution in [2.24, 2.45) is 0 Å². The molecule has 252 valence electrons. The van der Waals surface area contributed by atoms with Gasteiger partial charge in [-0.1, -0.05) is 103 Å². The molecule has 1 aliphatic rings. The molecule has 1 N–H and O–H groups in total.